The van der Waals surface area contributed by atoms with Crippen LogP contribution in [-0.2, 0) is 23.0 Å². The molecule has 2 atom stereocenters. The molecule has 0 aromatic heterocycles. The number of hydrogen-bond donors (Lipinski definition) is 3. The Labute approximate surface area is 202 Å². The zero-order valence-electron chi connectivity index (χ0n) is 18.0. The minimum absolute atomic E-state index is 0. The lowest BCUT2D eigenvalue weighted by Crippen LogP contribution is -2.45. The van der Waals surface area contributed by atoms with E-state index in [0.29, 0.717) is 18.6 Å². The smallest absolute Gasteiger partial charge is 0.238 e. The Hall–Kier alpha value is -1.69. The Morgan fingerprint density at radius 3 is 2.42 bits per heavy atom. The highest BCUT2D eigenvalue weighted by molar-refractivity contribution is 14.0. The molecule has 0 bridgehead atoms. The van der Waals surface area contributed by atoms with Gasteiger partial charge in [-0.1, -0.05) is 42.5 Å². The topological polar surface area (TPSA) is 99.8 Å². The van der Waals surface area contributed by atoms with Crippen LogP contribution in [0.3, 0.4) is 0 Å². The Kier molecular flexibility index (Phi) is 9.73. The van der Waals surface area contributed by atoms with Crippen molar-refractivity contribution in [3.63, 3.8) is 0 Å². The summed E-state index contributed by atoms with van der Waals surface area (Å²) in [6.07, 6.45) is 1.83. The van der Waals surface area contributed by atoms with Gasteiger partial charge in [-0.3, -0.25) is 9.89 Å². The molecule has 3 rings (SSSR count). The maximum atomic E-state index is 11.3. The quantitative estimate of drug-likeness (QED) is 0.276. The van der Waals surface area contributed by atoms with Crippen LogP contribution in [0.2, 0.25) is 0 Å². The van der Waals surface area contributed by atoms with Crippen LogP contribution in [0.1, 0.15) is 24.5 Å². The number of benzene rings is 2. The first kappa shape index (κ1) is 25.6. The molecule has 0 spiro atoms. The van der Waals surface area contributed by atoms with Crippen LogP contribution in [0.4, 0.5) is 0 Å². The molecule has 0 amide bonds. The van der Waals surface area contributed by atoms with Gasteiger partial charge in [-0.25, -0.2) is 13.6 Å². The van der Waals surface area contributed by atoms with E-state index in [-0.39, 0.29) is 28.9 Å². The number of likely N-dealkylation sites (tertiary alicyclic amines) is 1. The summed E-state index contributed by atoms with van der Waals surface area (Å²) in [5.41, 5.74) is 2.37. The highest BCUT2D eigenvalue weighted by atomic mass is 127. The molecule has 1 fully saturated rings. The number of aliphatic imine (C=N–C) groups is 1. The predicted octanol–water partition coefficient (Wildman–Crippen LogP) is 2.32. The Bertz CT molecular complexity index is 952. The van der Waals surface area contributed by atoms with Crippen LogP contribution < -0.4 is 15.8 Å². The Morgan fingerprint density at radius 1 is 1.13 bits per heavy atom. The van der Waals surface area contributed by atoms with Crippen molar-refractivity contribution in [3.05, 3.63) is 65.7 Å². The Morgan fingerprint density at radius 2 is 1.81 bits per heavy atom. The molecular weight excluding hydrogens is 525 g/mol. The summed E-state index contributed by atoms with van der Waals surface area (Å²) >= 11 is 0. The molecule has 1 aliphatic rings. The molecule has 0 aliphatic carbocycles. The van der Waals surface area contributed by atoms with Crippen molar-refractivity contribution < 1.29 is 8.42 Å². The number of nitrogens with one attached hydrogen (secondary N) is 2. The number of nitrogens with two attached hydrogens (primary N) is 1. The fraction of sp³-hybridized carbons (Fsp3) is 0.409. The highest BCUT2D eigenvalue weighted by Crippen LogP contribution is 2.20. The van der Waals surface area contributed by atoms with Crippen molar-refractivity contribution in [1.29, 1.82) is 0 Å². The predicted molar refractivity (Wildman–Crippen MR) is 136 cm³/mol. The van der Waals surface area contributed by atoms with Crippen LogP contribution in [0.25, 0.3) is 0 Å². The van der Waals surface area contributed by atoms with Crippen LogP contribution >= 0.6 is 24.0 Å². The minimum atomic E-state index is -3.65. The second-order valence-corrected chi connectivity index (χ2v) is 9.34. The molecule has 9 heteroatoms. The summed E-state index contributed by atoms with van der Waals surface area (Å²) in [5, 5.41) is 12.0. The van der Waals surface area contributed by atoms with Gasteiger partial charge in [0, 0.05) is 38.8 Å². The van der Waals surface area contributed by atoms with Gasteiger partial charge in [0.1, 0.15) is 0 Å². The largest absolute Gasteiger partial charge is 0.356 e. The van der Waals surface area contributed by atoms with E-state index in [1.807, 2.05) is 6.07 Å². The maximum absolute atomic E-state index is 11.3. The standard InChI is InChI=1S/C22H31N5O2S.HI/c1-17-14-20(16-27(17)15-19-6-4-3-5-7-19)26-22(24-2)25-13-12-18-8-10-21(11-9-18)30(23,28)29;/h3-11,17,20H,12-16H2,1-2H3,(H2,23,28,29)(H2,24,25,26);1H. The number of hydrogen-bond acceptors (Lipinski definition) is 4. The first-order valence-electron chi connectivity index (χ1n) is 10.2. The number of guanidine groups is 1. The molecule has 1 heterocycles. The second kappa shape index (κ2) is 11.8. The fourth-order valence-corrected chi connectivity index (χ4v) is 4.32. The minimum Gasteiger partial charge on any atom is -0.356 e. The van der Waals surface area contributed by atoms with Gasteiger partial charge < -0.3 is 10.6 Å². The van der Waals surface area contributed by atoms with Crippen LogP contribution in [0.15, 0.2) is 64.5 Å². The van der Waals surface area contributed by atoms with Gasteiger partial charge in [0.15, 0.2) is 5.96 Å². The van der Waals surface area contributed by atoms with E-state index in [0.717, 1.165) is 37.5 Å². The van der Waals surface area contributed by atoms with Crippen molar-refractivity contribution >= 4 is 40.0 Å². The van der Waals surface area contributed by atoms with E-state index in [1.165, 1.54) is 5.56 Å². The van der Waals surface area contributed by atoms with E-state index >= 15 is 0 Å². The van der Waals surface area contributed by atoms with E-state index < -0.39 is 10.0 Å². The molecule has 1 saturated heterocycles. The lowest BCUT2D eigenvalue weighted by Gasteiger charge is -2.21. The molecule has 7 nitrogen and oxygen atoms in total. The summed E-state index contributed by atoms with van der Waals surface area (Å²) in [4.78, 5) is 6.97. The molecule has 0 radical (unpaired) electrons. The lowest BCUT2D eigenvalue weighted by molar-refractivity contribution is 0.258. The zero-order valence-corrected chi connectivity index (χ0v) is 21.1. The Balaban J connectivity index is 0.00000341. The van der Waals surface area contributed by atoms with E-state index in [9.17, 15) is 8.42 Å². The third kappa shape index (κ3) is 7.74. The first-order chi connectivity index (χ1) is 14.3. The second-order valence-electron chi connectivity index (χ2n) is 7.78. The van der Waals surface area contributed by atoms with Gasteiger partial charge in [0.05, 0.1) is 4.90 Å². The summed E-state index contributed by atoms with van der Waals surface area (Å²) in [6.45, 7) is 4.91. The van der Waals surface area contributed by atoms with Crippen LogP contribution in [0.5, 0.6) is 0 Å². The molecular formula is C22H32IN5O2S. The van der Waals surface area contributed by atoms with Gasteiger partial charge in [0.25, 0.3) is 0 Å². The SMILES string of the molecule is CN=C(NCCc1ccc(S(N)(=O)=O)cc1)NC1CC(C)N(Cc2ccccc2)C1.I. The summed E-state index contributed by atoms with van der Waals surface area (Å²) in [5.74, 6) is 0.787. The van der Waals surface area contributed by atoms with Crippen molar-refractivity contribution in [2.75, 3.05) is 20.1 Å². The molecule has 2 unspecified atom stereocenters. The average molecular weight is 558 g/mol. The third-order valence-electron chi connectivity index (χ3n) is 5.45. The molecule has 4 N–H and O–H groups in total. The van der Waals surface area contributed by atoms with E-state index in [2.05, 4.69) is 51.7 Å². The molecule has 170 valence electrons. The van der Waals surface area contributed by atoms with Gasteiger partial charge in [-0.2, -0.15) is 0 Å². The summed E-state index contributed by atoms with van der Waals surface area (Å²) in [7, 11) is -1.87. The lowest BCUT2D eigenvalue weighted by atomic mass is 10.1. The van der Waals surface area contributed by atoms with Crippen molar-refractivity contribution in [2.45, 2.75) is 43.3 Å². The van der Waals surface area contributed by atoms with Gasteiger partial charge >= 0.3 is 0 Å². The molecule has 2 aromatic carbocycles. The summed E-state index contributed by atoms with van der Waals surface area (Å²) in [6, 6.07) is 18.1. The van der Waals surface area contributed by atoms with Crippen molar-refractivity contribution in [2.24, 2.45) is 10.1 Å². The molecule has 31 heavy (non-hydrogen) atoms. The summed E-state index contributed by atoms with van der Waals surface area (Å²) < 4.78 is 22.7. The van der Waals surface area contributed by atoms with Gasteiger partial charge in [-0.05, 0) is 43.0 Å². The number of halogens is 1. The van der Waals surface area contributed by atoms with Gasteiger partial charge in [-0.15, -0.1) is 24.0 Å². The highest BCUT2D eigenvalue weighted by Gasteiger charge is 2.29. The van der Waals surface area contributed by atoms with Crippen LogP contribution in [0, 0.1) is 0 Å². The molecule has 1 aliphatic heterocycles. The van der Waals surface area contributed by atoms with Crippen LogP contribution in [-0.4, -0.2) is 51.5 Å². The van der Waals surface area contributed by atoms with Crippen molar-refractivity contribution in [3.8, 4) is 0 Å². The monoisotopic (exact) mass is 557 g/mol. The number of sulfonamides is 1. The maximum Gasteiger partial charge on any atom is 0.238 e. The number of primary sulfonamides is 1. The molecule has 2 aromatic rings. The third-order valence-corrected chi connectivity index (χ3v) is 6.38. The van der Waals surface area contributed by atoms with E-state index in [1.54, 1.807) is 31.3 Å². The van der Waals surface area contributed by atoms with E-state index in [4.69, 9.17) is 5.14 Å². The average Bonchev–Trinajstić information content (AvgIpc) is 3.06. The first-order valence-corrected chi connectivity index (χ1v) is 11.8. The fourth-order valence-electron chi connectivity index (χ4n) is 3.80. The van der Waals surface area contributed by atoms with Crippen molar-refractivity contribution in [1.82, 2.24) is 15.5 Å². The number of nitrogens with zero attached hydrogens (tertiary/aromatic N) is 2. The number of rotatable bonds is 7. The molecule has 0 saturated carbocycles. The zero-order chi connectivity index (χ0) is 21.6. The normalized spacial score (nSPS) is 19.6. The van der Waals surface area contributed by atoms with Gasteiger partial charge in [0.2, 0.25) is 10.0 Å².